The molecule has 2 rings (SSSR count). The number of nitro groups is 4. The van der Waals surface area contributed by atoms with Crippen LogP contribution in [0.25, 0.3) is 20.9 Å². The molecular formula is C32H38BrClN12O12. The third kappa shape index (κ3) is 36.3. The van der Waals surface area contributed by atoms with Gasteiger partial charge in [-0.15, -0.1) is 25.7 Å². The van der Waals surface area contributed by atoms with Crippen LogP contribution in [0.3, 0.4) is 0 Å². The van der Waals surface area contributed by atoms with Crippen molar-refractivity contribution in [3.05, 3.63) is 103 Å². The fourth-order valence-electron chi connectivity index (χ4n) is 2.66. The number of rotatable bonds is 18. The summed E-state index contributed by atoms with van der Waals surface area (Å²) in [5.74, 6) is 9.24. The highest BCUT2D eigenvalue weighted by molar-refractivity contribution is 9.09. The van der Waals surface area contributed by atoms with Gasteiger partial charge < -0.3 is 30.4 Å². The average molecular weight is 898 g/mol. The van der Waals surface area contributed by atoms with Crippen LogP contribution in [0.2, 0.25) is 5.02 Å². The SMILES string of the molecule is C#CCBr.C#CCOCCN.C#CCOCCN=[N+]=[N-].C#CCOCCNc1ccc([N+](=O)[O-])cc1[N+](=O)[O-].O=[N+]([O-])c1ccc(Cl)c([N+](=O)[O-])c1.[N-]=[N+]=NCCO. The van der Waals surface area contributed by atoms with E-state index in [-0.39, 0.29) is 60.7 Å². The van der Waals surface area contributed by atoms with Crippen LogP contribution in [0, 0.1) is 89.8 Å². The summed E-state index contributed by atoms with van der Waals surface area (Å²) >= 11 is 8.44. The van der Waals surface area contributed by atoms with Gasteiger partial charge in [-0.2, -0.15) is 0 Å². The first kappa shape index (κ1) is 58.0. The van der Waals surface area contributed by atoms with E-state index >= 15 is 0 Å². The number of nitro benzene ring substituents is 4. The van der Waals surface area contributed by atoms with E-state index in [9.17, 15) is 40.5 Å². The molecule has 0 amide bonds. The van der Waals surface area contributed by atoms with Crippen molar-refractivity contribution in [2.75, 3.05) is 83.1 Å². The third-order valence-corrected chi connectivity index (χ3v) is 5.49. The van der Waals surface area contributed by atoms with Gasteiger partial charge in [0.05, 0.1) is 57.0 Å². The monoisotopic (exact) mass is 896 g/mol. The summed E-state index contributed by atoms with van der Waals surface area (Å²) in [4.78, 5) is 43.9. The number of ether oxygens (including phenoxy) is 3. The Morgan fingerprint density at radius 1 is 0.759 bits per heavy atom. The first-order chi connectivity index (χ1) is 27.7. The number of anilines is 1. The highest BCUT2D eigenvalue weighted by Gasteiger charge is 2.19. The first-order valence-corrected chi connectivity index (χ1v) is 16.8. The van der Waals surface area contributed by atoms with Crippen LogP contribution < -0.4 is 11.1 Å². The minimum atomic E-state index is -0.769. The molecule has 4 N–H and O–H groups in total. The largest absolute Gasteiger partial charge is 0.396 e. The highest BCUT2D eigenvalue weighted by atomic mass is 79.9. The summed E-state index contributed by atoms with van der Waals surface area (Å²) in [5, 5.41) is 59.4. The van der Waals surface area contributed by atoms with Crippen molar-refractivity contribution >= 4 is 56.0 Å². The van der Waals surface area contributed by atoms with Gasteiger partial charge in [-0.1, -0.05) is 61.4 Å². The predicted octanol–water partition coefficient (Wildman–Crippen LogP) is 5.57. The van der Waals surface area contributed by atoms with Crippen LogP contribution >= 0.6 is 27.5 Å². The van der Waals surface area contributed by atoms with Crippen molar-refractivity contribution in [2.24, 2.45) is 16.0 Å². The van der Waals surface area contributed by atoms with Crippen LogP contribution in [0.15, 0.2) is 46.6 Å². The number of nitrogens with two attached hydrogens (primary N) is 1. The van der Waals surface area contributed by atoms with E-state index in [1.165, 1.54) is 12.1 Å². The number of non-ortho nitro benzene ring substituents is 2. The molecule has 0 aliphatic carbocycles. The summed E-state index contributed by atoms with van der Waals surface area (Å²) < 4.78 is 14.5. The first-order valence-electron chi connectivity index (χ1n) is 15.3. The number of benzene rings is 2. The molecule has 26 heteroatoms. The Hall–Kier alpha value is -6.73. The van der Waals surface area contributed by atoms with Crippen LogP contribution in [-0.2, 0) is 14.2 Å². The Kier molecular flexibility index (Phi) is 43.0. The number of terminal acetylenes is 4. The Morgan fingerprint density at radius 3 is 1.60 bits per heavy atom. The molecule has 0 heterocycles. The number of hydrogen-bond acceptors (Lipinski definition) is 16. The fourth-order valence-corrected chi connectivity index (χ4v) is 2.85. The molecule has 0 spiro atoms. The number of nitrogens with zero attached hydrogens (tertiary/aromatic N) is 10. The van der Waals surface area contributed by atoms with E-state index in [1.807, 2.05) is 0 Å². The number of aliphatic hydroxyl groups is 1. The van der Waals surface area contributed by atoms with Gasteiger partial charge >= 0.3 is 0 Å². The summed E-state index contributed by atoms with van der Waals surface area (Å²) in [6.07, 6.45) is 19.4. The second kappa shape index (κ2) is 43.0. The van der Waals surface area contributed by atoms with Crippen LogP contribution in [0.1, 0.15) is 0 Å². The van der Waals surface area contributed by atoms with E-state index in [0.717, 1.165) is 24.3 Å². The van der Waals surface area contributed by atoms with Gasteiger partial charge in [0.1, 0.15) is 30.5 Å². The summed E-state index contributed by atoms with van der Waals surface area (Å²) in [7, 11) is 0. The maximum atomic E-state index is 10.8. The van der Waals surface area contributed by atoms with Crippen molar-refractivity contribution in [2.45, 2.75) is 0 Å². The minimum Gasteiger partial charge on any atom is -0.396 e. The number of halogens is 2. The van der Waals surface area contributed by atoms with Crippen molar-refractivity contribution in [3.8, 4) is 49.4 Å². The fraction of sp³-hybridized carbons (Fsp3) is 0.375. The molecule has 312 valence electrons. The molecule has 58 heavy (non-hydrogen) atoms. The lowest BCUT2D eigenvalue weighted by Gasteiger charge is -2.06. The Labute approximate surface area is 345 Å². The lowest BCUT2D eigenvalue weighted by molar-refractivity contribution is -0.394. The Bertz CT molecular complexity index is 1800. The lowest BCUT2D eigenvalue weighted by Crippen LogP contribution is -2.10. The molecular weight excluding hydrogens is 860 g/mol. The van der Waals surface area contributed by atoms with E-state index in [2.05, 4.69) is 65.0 Å². The molecule has 0 aromatic heterocycles. The van der Waals surface area contributed by atoms with Crippen molar-refractivity contribution in [3.63, 3.8) is 0 Å². The smallest absolute Gasteiger partial charge is 0.299 e. The maximum absolute atomic E-state index is 10.8. The van der Waals surface area contributed by atoms with Gasteiger partial charge in [0.15, 0.2) is 0 Å². The summed E-state index contributed by atoms with van der Waals surface area (Å²) in [5.41, 5.74) is 19.1. The molecule has 0 aliphatic heterocycles. The maximum Gasteiger partial charge on any atom is 0.299 e. The van der Waals surface area contributed by atoms with Crippen LogP contribution in [-0.4, -0.2) is 103 Å². The molecule has 2 aromatic rings. The molecule has 0 saturated carbocycles. The van der Waals surface area contributed by atoms with Crippen LogP contribution in [0.4, 0.5) is 28.4 Å². The Balaban J connectivity index is -0.000000326. The second-order valence-electron chi connectivity index (χ2n) is 8.82. The van der Waals surface area contributed by atoms with Crippen molar-refractivity contribution in [1.82, 2.24) is 0 Å². The quantitative estimate of drug-likeness (QED) is 0.0241. The average Bonchev–Trinajstić information content (AvgIpc) is 3.21. The van der Waals surface area contributed by atoms with E-state index in [1.54, 1.807) is 0 Å². The number of hydrogen-bond donors (Lipinski definition) is 3. The molecule has 0 saturated heterocycles. The van der Waals surface area contributed by atoms with Gasteiger partial charge in [-0.05, 0) is 23.2 Å². The summed E-state index contributed by atoms with van der Waals surface area (Å²) in [6.45, 7) is 3.35. The van der Waals surface area contributed by atoms with Gasteiger partial charge in [0.25, 0.3) is 22.7 Å². The number of alkyl halides is 1. The van der Waals surface area contributed by atoms with E-state index < -0.39 is 25.4 Å². The normalized spacial score (nSPS) is 8.48. The van der Waals surface area contributed by atoms with E-state index in [0.29, 0.717) is 44.8 Å². The number of azide groups is 2. The molecule has 0 aliphatic rings. The van der Waals surface area contributed by atoms with Crippen LogP contribution in [0.5, 0.6) is 0 Å². The molecule has 0 atom stereocenters. The van der Waals surface area contributed by atoms with Gasteiger partial charge in [0.2, 0.25) is 0 Å². The molecule has 2 aromatic carbocycles. The lowest BCUT2D eigenvalue weighted by atomic mass is 10.2. The molecule has 0 unspecified atom stereocenters. The predicted molar refractivity (Wildman–Crippen MR) is 219 cm³/mol. The minimum absolute atomic E-state index is 0.0654. The van der Waals surface area contributed by atoms with E-state index in [4.69, 9.17) is 73.4 Å². The molecule has 0 radical (unpaired) electrons. The summed E-state index contributed by atoms with van der Waals surface area (Å²) in [6, 6.07) is 6.44. The zero-order valence-electron chi connectivity index (χ0n) is 30.5. The van der Waals surface area contributed by atoms with Gasteiger partial charge in [0, 0.05) is 54.7 Å². The molecule has 0 bridgehead atoms. The van der Waals surface area contributed by atoms with Gasteiger partial charge in [-0.3, -0.25) is 40.5 Å². The Morgan fingerprint density at radius 2 is 1.21 bits per heavy atom. The second-order valence-corrected chi connectivity index (χ2v) is 9.79. The standard InChI is InChI=1S/C11H11N3O5.C6H3ClN2O4.C5H7N3O.C5H9NO.C3H3Br.C2H5N3O/c1-2-6-19-7-5-12-10-4-3-9(13(15)16)8-11(10)14(17)18;7-5-2-1-4(8(10)11)3-6(5)9(12)13;1-2-4-9-5-3-7-8-6;1-2-4-7-5-3-6;1-2-3-4;3-5-4-1-2-6/h1,3-4,8,12H,5-7H2;1-3H;1H,3-5H2;1H,3-6H2;1H,3H2;6H,1-2H2. The zero-order chi connectivity index (χ0) is 45.0. The van der Waals surface area contributed by atoms with Crippen molar-refractivity contribution < 1.29 is 39.0 Å². The highest BCUT2D eigenvalue weighted by Crippen LogP contribution is 2.29. The van der Waals surface area contributed by atoms with Crippen molar-refractivity contribution in [1.29, 1.82) is 0 Å². The molecule has 24 nitrogen and oxygen atoms in total. The number of aliphatic hydroxyl groups excluding tert-OH is 1. The zero-order valence-corrected chi connectivity index (χ0v) is 32.8. The molecule has 0 fully saturated rings. The van der Waals surface area contributed by atoms with Gasteiger partial charge in [-0.25, -0.2) is 0 Å². The topological polar surface area (TPSA) is 356 Å². The number of nitrogens with one attached hydrogen (secondary N) is 1. The third-order valence-electron chi connectivity index (χ3n) is 4.85.